The Bertz CT molecular complexity index is 284. The summed E-state index contributed by atoms with van der Waals surface area (Å²) in [5.41, 5.74) is 5.20. The van der Waals surface area contributed by atoms with Crippen molar-refractivity contribution < 1.29 is 14.7 Å². The molecule has 0 aliphatic rings. The van der Waals surface area contributed by atoms with Crippen LogP contribution in [0.1, 0.15) is 19.3 Å². The van der Waals surface area contributed by atoms with Gasteiger partial charge in [-0.15, -0.1) is 0 Å². The van der Waals surface area contributed by atoms with Crippen molar-refractivity contribution in [3.05, 3.63) is 0 Å². The van der Waals surface area contributed by atoms with E-state index in [1.807, 2.05) is 0 Å². The third-order valence-electron chi connectivity index (χ3n) is 2.12. The van der Waals surface area contributed by atoms with E-state index in [4.69, 9.17) is 10.8 Å². The van der Waals surface area contributed by atoms with Gasteiger partial charge in [-0.25, -0.2) is 0 Å². The van der Waals surface area contributed by atoms with E-state index >= 15 is 0 Å². The van der Waals surface area contributed by atoms with Gasteiger partial charge in [0.2, 0.25) is 0 Å². The number of nitrogens with two attached hydrogens (primary N) is 1. The summed E-state index contributed by atoms with van der Waals surface area (Å²) in [6.45, 7) is 0.656. The number of nitrogens with zero attached hydrogens (tertiary/aromatic N) is 1. The second kappa shape index (κ2) is 8.89. The number of thiocarbonyl (C=S) groups is 1. The second-order valence-electron chi connectivity index (χ2n) is 3.66. The minimum Gasteiger partial charge on any atom is -0.396 e. The molecule has 0 aromatic carbocycles. The van der Waals surface area contributed by atoms with Crippen LogP contribution < -0.4 is 11.1 Å². The number of nitrogens with one attached hydrogen (secondary N) is 1. The molecule has 98 valence electrons. The SMILES string of the molecule is CN(CCCCCO)C(=O)C(=O)NCC(N)=S. The van der Waals surface area contributed by atoms with Crippen molar-refractivity contribution >= 4 is 29.0 Å². The van der Waals surface area contributed by atoms with Gasteiger partial charge in [-0.3, -0.25) is 9.59 Å². The summed E-state index contributed by atoms with van der Waals surface area (Å²) >= 11 is 4.58. The number of carbonyl (C=O) groups is 2. The molecule has 17 heavy (non-hydrogen) atoms. The van der Waals surface area contributed by atoms with E-state index in [9.17, 15) is 9.59 Å². The van der Waals surface area contributed by atoms with E-state index in [2.05, 4.69) is 17.5 Å². The molecule has 6 nitrogen and oxygen atoms in total. The predicted molar refractivity (Wildman–Crippen MR) is 68.4 cm³/mol. The van der Waals surface area contributed by atoms with Crippen molar-refractivity contribution in [1.29, 1.82) is 0 Å². The second-order valence-corrected chi connectivity index (χ2v) is 4.18. The zero-order valence-electron chi connectivity index (χ0n) is 9.94. The van der Waals surface area contributed by atoms with Gasteiger partial charge >= 0.3 is 11.8 Å². The third kappa shape index (κ3) is 7.64. The van der Waals surface area contributed by atoms with Crippen molar-refractivity contribution in [3.8, 4) is 0 Å². The summed E-state index contributed by atoms with van der Waals surface area (Å²) in [7, 11) is 1.56. The molecule has 2 amide bonds. The molecule has 0 saturated carbocycles. The molecule has 0 bridgehead atoms. The summed E-state index contributed by atoms with van der Waals surface area (Å²) in [6, 6.07) is 0. The maximum Gasteiger partial charge on any atom is 0.311 e. The monoisotopic (exact) mass is 261 g/mol. The molecular formula is C10H19N3O3S. The normalized spacial score (nSPS) is 9.76. The Labute approximate surface area is 106 Å². The third-order valence-corrected chi connectivity index (χ3v) is 2.26. The van der Waals surface area contributed by atoms with Gasteiger partial charge in [0.25, 0.3) is 0 Å². The Morgan fingerprint density at radius 3 is 2.53 bits per heavy atom. The molecule has 0 heterocycles. The molecule has 0 rings (SSSR count). The first-order valence-electron chi connectivity index (χ1n) is 5.41. The van der Waals surface area contributed by atoms with Crippen LogP contribution in [-0.4, -0.2) is 53.6 Å². The number of unbranched alkanes of at least 4 members (excludes halogenated alkanes) is 2. The number of amides is 2. The number of aliphatic hydroxyl groups excluding tert-OH is 1. The Morgan fingerprint density at radius 2 is 2.00 bits per heavy atom. The van der Waals surface area contributed by atoms with Gasteiger partial charge in [-0.05, 0) is 19.3 Å². The highest BCUT2D eigenvalue weighted by atomic mass is 32.1. The molecule has 0 fully saturated rings. The van der Waals surface area contributed by atoms with E-state index in [-0.39, 0.29) is 18.1 Å². The lowest BCUT2D eigenvalue weighted by molar-refractivity contribution is -0.144. The van der Waals surface area contributed by atoms with Crippen molar-refractivity contribution in [2.75, 3.05) is 26.7 Å². The topological polar surface area (TPSA) is 95.7 Å². The van der Waals surface area contributed by atoms with E-state index in [0.29, 0.717) is 13.0 Å². The standard InChI is InChI=1S/C10H19N3O3S/c1-13(5-3-2-4-6-14)10(16)9(15)12-7-8(11)17/h14H,2-7H2,1H3,(H2,11,17)(H,12,15). The molecule has 0 aromatic rings. The highest BCUT2D eigenvalue weighted by molar-refractivity contribution is 7.80. The van der Waals surface area contributed by atoms with E-state index < -0.39 is 11.8 Å². The Kier molecular flexibility index (Phi) is 8.25. The van der Waals surface area contributed by atoms with Crippen LogP contribution in [-0.2, 0) is 9.59 Å². The first-order valence-corrected chi connectivity index (χ1v) is 5.82. The quantitative estimate of drug-likeness (QED) is 0.311. The summed E-state index contributed by atoms with van der Waals surface area (Å²) in [5, 5.41) is 10.9. The van der Waals surface area contributed by atoms with Crippen LogP contribution in [0.4, 0.5) is 0 Å². The van der Waals surface area contributed by atoms with Crippen molar-refractivity contribution in [1.82, 2.24) is 10.2 Å². The maximum atomic E-state index is 11.5. The van der Waals surface area contributed by atoms with Gasteiger partial charge in [-0.1, -0.05) is 12.2 Å². The minimum absolute atomic E-state index is 0.0261. The fourth-order valence-electron chi connectivity index (χ4n) is 1.16. The Balaban J connectivity index is 3.86. The molecule has 7 heteroatoms. The average Bonchev–Trinajstić information content (AvgIpc) is 2.30. The number of carbonyl (C=O) groups excluding carboxylic acids is 2. The molecule has 0 atom stereocenters. The maximum absolute atomic E-state index is 11.5. The molecule has 0 aliphatic heterocycles. The molecule has 4 N–H and O–H groups in total. The fraction of sp³-hybridized carbons (Fsp3) is 0.700. The lowest BCUT2D eigenvalue weighted by Crippen LogP contribution is -2.43. The van der Waals surface area contributed by atoms with Gasteiger partial charge in [0, 0.05) is 20.2 Å². The lowest BCUT2D eigenvalue weighted by Gasteiger charge is -2.16. The van der Waals surface area contributed by atoms with E-state index in [1.54, 1.807) is 7.05 Å². The number of hydrogen-bond acceptors (Lipinski definition) is 4. The minimum atomic E-state index is -0.706. The molecule has 0 radical (unpaired) electrons. The summed E-state index contributed by atoms with van der Waals surface area (Å²) < 4.78 is 0. The van der Waals surface area contributed by atoms with Gasteiger partial charge < -0.3 is 21.1 Å². The Hall–Kier alpha value is -1.21. The van der Waals surface area contributed by atoms with Crippen LogP contribution in [0.3, 0.4) is 0 Å². The van der Waals surface area contributed by atoms with E-state index in [0.717, 1.165) is 12.8 Å². The van der Waals surface area contributed by atoms with E-state index in [1.165, 1.54) is 4.90 Å². The zero-order valence-corrected chi connectivity index (χ0v) is 10.8. The van der Waals surface area contributed by atoms with Gasteiger partial charge in [0.05, 0.1) is 11.5 Å². The molecule has 0 unspecified atom stereocenters. The van der Waals surface area contributed by atoms with Crippen LogP contribution in [0.2, 0.25) is 0 Å². The smallest absolute Gasteiger partial charge is 0.311 e. The highest BCUT2D eigenvalue weighted by Crippen LogP contribution is 1.97. The fourth-order valence-corrected chi connectivity index (χ4v) is 1.23. The van der Waals surface area contributed by atoms with Gasteiger partial charge in [-0.2, -0.15) is 0 Å². The average molecular weight is 261 g/mol. The number of likely N-dealkylation sites (N-methyl/N-ethyl adjacent to an activating group) is 1. The van der Waals surface area contributed by atoms with Crippen LogP contribution >= 0.6 is 12.2 Å². The van der Waals surface area contributed by atoms with Crippen LogP contribution in [0.25, 0.3) is 0 Å². The van der Waals surface area contributed by atoms with Crippen molar-refractivity contribution in [2.24, 2.45) is 5.73 Å². The molecular weight excluding hydrogens is 242 g/mol. The van der Waals surface area contributed by atoms with Crippen LogP contribution in [0.5, 0.6) is 0 Å². The van der Waals surface area contributed by atoms with Crippen molar-refractivity contribution in [3.63, 3.8) is 0 Å². The first kappa shape index (κ1) is 15.8. The van der Waals surface area contributed by atoms with Gasteiger partial charge in [0.15, 0.2) is 0 Å². The first-order chi connectivity index (χ1) is 7.99. The summed E-state index contributed by atoms with van der Waals surface area (Å²) in [6.07, 6.45) is 2.28. The molecule has 0 saturated heterocycles. The highest BCUT2D eigenvalue weighted by Gasteiger charge is 2.17. The number of hydrogen-bond donors (Lipinski definition) is 3. The van der Waals surface area contributed by atoms with Crippen LogP contribution in [0.15, 0.2) is 0 Å². The Morgan fingerprint density at radius 1 is 1.35 bits per heavy atom. The molecule has 0 aromatic heterocycles. The molecule has 0 aliphatic carbocycles. The summed E-state index contributed by atoms with van der Waals surface area (Å²) in [5.74, 6) is -1.31. The summed E-state index contributed by atoms with van der Waals surface area (Å²) in [4.78, 5) is 24.3. The zero-order chi connectivity index (χ0) is 13.3. The number of aliphatic hydroxyl groups is 1. The largest absolute Gasteiger partial charge is 0.396 e. The van der Waals surface area contributed by atoms with Gasteiger partial charge in [0.1, 0.15) is 0 Å². The van der Waals surface area contributed by atoms with Crippen molar-refractivity contribution in [2.45, 2.75) is 19.3 Å². The molecule has 0 spiro atoms. The predicted octanol–water partition coefficient (Wildman–Crippen LogP) is -0.990. The lowest BCUT2D eigenvalue weighted by atomic mass is 10.2. The number of rotatable bonds is 7. The van der Waals surface area contributed by atoms with Crippen LogP contribution in [0, 0.1) is 0 Å².